The van der Waals surface area contributed by atoms with Crippen LogP contribution in [0.15, 0.2) is 66.7 Å². The van der Waals surface area contributed by atoms with E-state index in [1.165, 1.54) is 6.92 Å². The van der Waals surface area contributed by atoms with Gasteiger partial charge in [0, 0.05) is 37.1 Å². The van der Waals surface area contributed by atoms with Crippen LogP contribution in [0.1, 0.15) is 53.2 Å². The molecule has 5 rings (SSSR count). The van der Waals surface area contributed by atoms with Crippen molar-refractivity contribution in [3.63, 3.8) is 0 Å². The molecule has 2 heterocycles. The van der Waals surface area contributed by atoms with Gasteiger partial charge in [-0.1, -0.05) is 36.4 Å². The average molecular weight is 504 g/mol. The van der Waals surface area contributed by atoms with Gasteiger partial charge in [-0.15, -0.1) is 0 Å². The van der Waals surface area contributed by atoms with Crippen molar-refractivity contribution in [2.45, 2.75) is 38.6 Å². The van der Waals surface area contributed by atoms with E-state index in [-0.39, 0.29) is 17.0 Å². The molecule has 2 amide bonds. The summed E-state index contributed by atoms with van der Waals surface area (Å²) in [5.41, 5.74) is 2.69. The standard InChI is InChI=1S/C30H31F2N3O2/c1-20-17-22(31)18-26(32)27(20)30(37)35-16-8-13-25(28(35)21-9-3-2-4-10-21)29(36)33-23-11-7-12-24(19-23)34-14-5-6-15-34/h2-4,7,9-12,17-19,25,28H,5-6,8,13-16H2,1H3,(H,33,36)/t25-,28-/m0/s1. The SMILES string of the molecule is Cc1cc(F)cc(F)c1C(=O)N1CCC[C@H](C(=O)Nc2cccc(N3CCCC3)c2)[C@@H]1c1ccccc1. The summed E-state index contributed by atoms with van der Waals surface area (Å²) in [7, 11) is 0. The molecule has 0 unspecified atom stereocenters. The molecular formula is C30H31F2N3O2. The molecule has 192 valence electrons. The summed E-state index contributed by atoms with van der Waals surface area (Å²) in [4.78, 5) is 31.2. The lowest BCUT2D eigenvalue weighted by Gasteiger charge is -2.41. The second-order valence-electron chi connectivity index (χ2n) is 9.92. The second kappa shape index (κ2) is 10.7. The van der Waals surface area contributed by atoms with Gasteiger partial charge in [-0.05, 0) is 68.0 Å². The van der Waals surface area contributed by atoms with Crippen molar-refractivity contribution >= 4 is 23.2 Å². The molecule has 2 atom stereocenters. The fourth-order valence-corrected chi connectivity index (χ4v) is 5.67. The van der Waals surface area contributed by atoms with Crippen LogP contribution < -0.4 is 10.2 Å². The number of hydrogen-bond donors (Lipinski definition) is 1. The average Bonchev–Trinajstić information content (AvgIpc) is 3.43. The number of piperidine rings is 1. The van der Waals surface area contributed by atoms with E-state index in [9.17, 15) is 18.4 Å². The Kier molecular flexibility index (Phi) is 7.22. The molecule has 0 aliphatic carbocycles. The molecule has 1 N–H and O–H groups in total. The largest absolute Gasteiger partial charge is 0.371 e. The van der Waals surface area contributed by atoms with Crippen LogP contribution in [0.5, 0.6) is 0 Å². The van der Waals surface area contributed by atoms with Crippen molar-refractivity contribution in [1.82, 2.24) is 4.90 Å². The Morgan fingerprint density at radius 2 is 1.65 bits per heavy atom. The number of nitrogens with zero attached hydrogens (tertiary/aromatic N) is 2. The summed E-state index contributed by atoms with van der Waals surface area (Å²) >= 11 is 0. The van der Waals surface area contributed by atoms with E-state index in [1.54, 1.807) is 4.90 Å². The molecule has 0 saturated carbocycles. The fraction of sp³-hybridized carbons (Fsp3) is 0.333. The first-order valence-electron chi connectivity index (χ1n) is 12.9. The second-order valence-corrected chi connectivity index (χ2v) is 9.92. The topological polar surface area (TPSA) is 52.7 Å². The summed E-state index contributed by atoms with van der Waals surface area (Å²) in [5.74, 6) is -2.85. The van der Waals surface area contributed by atoms with Gasteiger partial charge < -0.3 is 15.1 Å². The van der Waals surface area contributed by atoms with Gasteiger partial charge >= 0.3 is 0 Å². The number of aryl methyl sites for hydroxylation is 1. The van der Waals surface area contributed by atoms with E-state index < -0.39 is 29.5 Å². The Balaban J connectivity index is 1.45. The fourth-order valence-electron chi connectivity index (χ4n) is 5.67. The predicted molar refractivity (Wildman–Crippen MR) is 141 cm³/mol. The zero-order valence-electron chi connectivity index (χ0n) is 20.9. The van der Waals surface area contributed by atoms with E-state index in [4.69, 9.17) is 0 Å². The van der Waals surface area contributed by atoms with E-state index in [0.717, 1.165) is 49.3 Å². The zero-order chi connectivity index (χ0) is 25.9. The number of rotatable bonds is 5. The molecule has 7 heteroatoms. The normalized spacial score (nSPS) is 19.6. The number of benzene rings is 3. The third-order valence-electron chi connectivity index (χ3n) is 7.42. The molecule has 3 aromatic carbocycles. The van der Waals surface area contributed by atoms with Crippen LogP contribution in [0.25, 0.3) is 0 Å². The molecule has 2 saturated heterocycles. The third-order valence-corrected chi connectivity index (χ3v) is 7.42. The Morgan fingerprint density at radius 3 is 2.38 bits per heavy atom. The van der Waals surface area contributed by atoms with Crippen molar-refractivity contribution < 1.29 is 18.4 Å². The number of carbonyl (C=O) groups is 2. The van der Waals surface area contributed by atoms with Crippen LogP contribution >= 0.6 is 0 Å². The first-order chi connectivity index (χ1) is 17.9. The van der Waals surface area contributed by atoms with E-state index in [0.29, 0.717) is 25.1 Å². The zero-order valence-corrected chi connectivity index (χ0v) is 20.9. The van der Waals surface area contributed by atoms with Crippen molar-refractivity contribution in [3.05, 3.63) is 95.1 Å². The lowest BCUT2D eigenvalue weighted by molar-refractivity contribution is -0.123. The molecule has 2 fully saturated rings. The van der Waals surface area contributed by atoms with Crippen molar-refractivity contribution in [2.24, 2.45) is 5.92 Å². The number of amides is 2. The van der Waals surface area contributed by atoms with Gasteiger partial charge in [0.15, 0.2) is 0 Å². The van der Waals surface area contributed by atoms with Crippen molar-refractivity contribution in [2.75, 3.05) is 29.9 Å². The Bertz CT molecular complexity index is 1270. The maximum atomic E-state index is 14.8. The predicted octanol–water partition coefficient (Wildman–Crippen LogP) is 6.11. The van der Waals surface area contributed by atoms with Gasteiger partial charge in [0.25, 0.3) is 5.91 Å². The molecule has 0 bridgehead atoms. The van der Waals surface area contributed by atoms with Crippen molar-refractivity contribution in [1.29, 1.82) is 0 Å². The van der Waals surface area contributed by atoms with Crippen LogP contribution in [0.3, 0.4) is 0 Å². The van der Waals surface area contributed by atoms with E-state index in [2.05, 4.69) is 10.2 Å². The Morgan fingerprint density at radius 1 is 0.892 bits per heavy atom. The van der Waals surface area contributed by atoms with Crippen LogP contribution in [0.2, 0.25) is 0 Å². The summed E-state index contributed by atoms with van der Waals surface area (Å²) in [5, 5.41) is 3.08. The lowest BCUT2D eigenvalue weighted by atomic mass is 9.83. The van der Waals surface area contributed by atoms with Crippen LogP contribution in [0.4, 0.5) is 20.2 Å². The lowest BCUT2D eigenvalue weighted by Crippen LogP contribution is -2.46. The highest BCUT2D eigenvalue weighted by atomic mass is 19.1. The highest BCUT2D eigenvalue weighted by Gasteiger charge is 2.40. The minimum Gasteiger partial charge on any atom is -0.371 e. The first-order valence-corrected chi connectivity index (χ1v) is 12.9. The Labute approximate surface area is 216 Å². The minimum atomic E-state index is -0.889. The summed E-state index contributed by atoms with van der Waals surface area (Å²) in [6, 6.07) is 18.6. The van der Waals surface area contributed by atoms with Gasteiger partial charge in [0.05, 0.1) is 17.5 Å². The maximum Gasteiger partial charge on any atom is 0.257 e. The van der Waals surface area contributed by atoms with Crippen molar-refractivity contribution in [3.8, 4) is 0 Å². The summed E-state index contributed by atoms with van der Waals surface area (Å²) < 4.78 is 28.5. The van der Waals surface area contributed by atoms with Gasteiger partial charge in [-0.3, -0.25) is 9.59 Å². The van der Waals surface area contributed by atoms with Crippen LogP contribution in [-0.2, 0) is 4.79 Å². The minimum absolute atomic E-state index is 0.151. The highest BCUT2D eigenvalue weighted by molar-refractivity contribution is 5.98. The molecule has 2 aliphatic heterocycles. The quantitative estimate of drug-likeness (QED) is 0.457. The summed E-state index contributed by atoms with van der Waals surface area (Å²) in [6.07, 6.45) is 3.51. The molecule has 0 spiro atoms. The number of carbonyl (C=O) groups excluding carboxylic acids is 2. The number of anilines is 2. The Hall–Kier alpha value is -3.74. The maximum absolute atomic E-state index is 14.8. The molecule has 3 aromatic rings. The van der Waals surface area contributed by atoms with Gasteiger partial charge in [-0.25, -0.2) is 8.78 Å². The van der Waals surface area contributed by atoms with Crippen LogP contribution in [-0.4, -0.2) is 36.3 Å². The van der Waals surface area contributed by atoms with Gasteiger partial charge in [0.2, 0.25) is 5.91 Å². The van der Waals surface area contributed by atoms with Crippen LogP contribution in [0, 0.1) is 24.5 Å². The molecule has 37 heavy (non-hydrogen) atoms. The molecule has 5 nitrogen and oxygen atoms in total. The van der Waals surface area contributed by atoms with E-state index >= 15 is 0 Å². The molecular weight excluding hydrogens is 472 g/mol. The molecule has 0 radical (unpaired) electrons. The molecule has 0 aromatic heterocycles. The summed E-state index contributed by atoms with van der Waals surface area (Å²) in [6.45, 7) is 3.92. The number of likely N-dealkylation sites (tertiary alicyclic amines) is 1. The first kappa shape index (κ1) is 24.9. The highest BCUT2D eigenvalue weighted by Crippen LogP contribution is 2.38. The monoisotopic (exact) mass is 503 g/mol. The smallest absolute Gasteiger partial charge is 0.257 e. The van der Waals surface area contributed by atoms with E-state index in [1.807, 2.05) is 54.6 Å². The number of nitrogens with one attached hydrogen (secondary N) is 1. The number of halogens is 2. The molecule has 2 aliphatic rings. The van der Waals surface area contributed by atoms with Gasteiger partial charge in [0.1, 0.15) is 11.6 Å². The third kappa shape index (κ3) is 5.22. The number of hydrogen-bond acceptors (Lipinski definition) is 3. The van der Waals surface area contributed by atoms with Gasteiger partial charge in [-0.2, -0.15) is 0 Å².